The molecule has 1 aliphatic heterocycles. The van der Waals surface area contributed by atoms with Crippen LogP contribution in [-0.2, 0) is 6.54 Å². The lowest BCUT2D eigenvalue weighted by Crippen LogP contribution is -2.38. The van der Waals surface area contributed by atoms with E-state index < -0.39 is 0 Å². The minimum atomic E-state index is -0.207. The summed E-state index contributed by atoms with van der Waals surface area (Å²) < 4.78 is 0. The minimum Gasteiger partial charge on any atom is -0.348 e. The van der Waals surface area contributed by atoms with Gasteiger partial charge >= 0.3 is 0 Å². The van der Waals surface area contributed by atoms with E-state index in [0.717, 1.165) is 40.8 Å². The van der Waals surface area contributed by atoms with Gasteiger partial charge in [-0.3, -0.25) is 14.6 Å². The molecule has 2 aromatic carbocycles. The van der Waals surface area contributed by atoms with Crippen molar-refractivity contribution in [3.8, 4) is 11.1 Å². The van der Waals surface area contributed by atoms with Crippen LogP contribution < -0.4 is 5.32 Å². The Morgan fingerprint density at radius 3 is 2.21 bits per heavy atom. The molecular formula is C28H31N3O2. The van der Waals surface area contributed by atoms with Gasteiger partial charge in [0.1, 0.15) is 0 Å². The Morgan fingerprint density at radius 2 is 1.58 bits per heavy atom. The predicted octanol–water partition coefficient (Wildman–Crippen LogP) is 5.31. The smallest absolute Gasteiger partial charge is 0.254 e. The first-order valence-electron chi connectivity index (χ1n) is 11.6. The topological polar surface area (TPSA) is 62.3 Å². The first kappa shape index (κ1) is 22.7. The van der Waals surface area contributed by atoms with Gasteiger partial charge in [0, 0.05) is 41.6 Å². The van der Waals surface area contributed by atoms with Crippen LogP contribution in [0.5, 0.6) is 0 Å². The lowest BCUT2D eigenvalue weighted by atomic mass is 9.97. The number of carbonyl (C=O) groups excluding carboxylic acids is 2. The van der Waals surface area contributed by atoms with E-state index in [4.69, 9.17) is 0 Å². The van der Waals surface area contributed by atoms with Crippen LogP contribution in [0.15, 0.2) is 60.8 Å². The summed E-state index contributed by atoms with van der Waals surface area (Å²) in [4.78, 5) is 32.8. The van der Waals surface area contributed by atoms with E-state index in [1.165, 1.54) is 0 Å². The van der Waals surface area contributed by atoms with Crippen molar-refractivity contribution in [2.24, 2.45) is 0 Å². The summed E-state index contributed by atoms with van der Waals surface area (Å²) in [5.41, 5.74) is 5.91. The SMILES string of the molecule is Cc1ccc(-c2cc(C(=O)NCc3ccc(C)nc3)cc(C(=O)N3[C@H](C)CC[C@H]3C)c2)cc1. The fourth-order valence-corrected chi connectivity index (χ4v) is 4.43. The molecule has 0 radical (unpaired) electrons. The Hall–Kier alpha value is -3.47. The van der Waals surface area contributed by atoms with Gasteiger partial charge in [0.25, 0.3) is 11.8 Å². The van der Waals surface area contributed by atoms with Gasteiger partial charge in [-0.25, -0.2) is 0 Å². The number of hydrogen-bond donors (Lipinski definition) is 1. The van der Waals surface area contributed by atoms with Crippen LogP contribution in [0.4, 0.5) is 0 Å². The third-order valence-corrected chi connectivity index (χ3v) is 6.44. The monoisotopic (exact) mass is 441 g/mol. The Morgan fingerprint density at radius 1 is 0.909 bits per heavy atom. The van der Waals surface area contributed by atoms with E-state index in [1.54, 1.807) is 12.3 Å². The molecule has 4 rings (SSSR count). The largest absolute Gasteiger partial charge is 0.348 e. The summed E-state index contributed by atoms with van der Waals surface area (Å²) in [6.07, 6.45) is 3.77. The van der Waals surface area contributed by atoms with Crippen LogP contribution in [0.25, 0.3) is 11.1 Å². The van der Waals surface area contributed by atoms with Crippen molar-refractivity contribution in [1.82, 2.24) is 15.2 Å². The highest BCUT2D eigenvalue weighted by Crippen LogP contribution is 2.28. The Balaban J connectivity index is 1.66. The summed E-state index contributed by atoms with van der Waals surface area (Å²) in [6, 6.07) is 17.9. The molecule has 0 saturated carbocycles. The molecule has 1 saturated heterocycles. The number of pyridine rings is 1. The van der Waals surface area contributed by atoms with Crippen molar-refractivity contribution >= 4 is 11.8 Å². The molecule has 1 aliphatic rings. The third kappa shape index (κ3) is 5.14. The second kappa shape index (κ2) is 9.57. The van der Waals surface area contributed by atoms with Gasteiger partial charge in [0.05, 0.1) is 0 Å². The van der Waals surface area contributed by atoms with Crippen molar-refractivity contribution < 1.29 is 9.59 Å². The molecule has 33 heavy (non-hydrogen) atoms. The van der Waals surface area contributed by atoms with E-state index in [0.29, 0.717) is 17.7 Å². The van der Waals surface area contributed by atoms with Crippen LogP contribution >= 0.6 is 0 Å². The summed E-state index contributed by atoms with van der Waals surface area (Å²) in [7, 11) is 0. The molecule has 2 amide bonds. The zero-order valence-electron chi connectivity index (χ0n) is 19.8. The summed E-state index contributed by atoms with van der Waals surface area (Å²) >= 11 is 0. The molecule has 1 fully saturated rings. The third-order valence-electron chi connectivity index (χ3n) is 6.44. The Kier molecular flexibility index (Phi) is 6.59. The number of aromatic nitrogens is 1. The van der Waals surface area contributed by atoms with Crippen LogP contribution in [0.3, 0.4) is 0 Å². The van der Waals surface area contributed by atoms with Crippen molar-refractivity contribution in [2.75, 3.05) is 0 Å². The van der Waals surface area contributed by atoms with E-state index in [1.807, 2.05) is 67.3 Å². The first-order chi connectivity index (χ1) is 15.8. The maximum Gasteiger partial charge on any atom is 0.254 e. The highest BCUT2D eigenvalue weighted by Gasteiger charge is 2.32. The van der Waals surface area contributed by atoms with E-state index >= 15 is 0 Å². The molecule has 0 aliphatic carbocycles. The average Bonchev–Trinajstić information content (AvgIpc) is 3.16. The van der Waals surface area contributed by atoms with Gasteiger partial charge in [0.2, 0.25) is 0 Å². The average molecular weight is 442 g/mol. The molecule has 1 aromatic heterocycles. The highest BCUT2D eigenvalue weighted by molar-refractivity contribution is 6.01. The van der Waals surface area contributed by atoms with Gasteiger partial charge < -0.3 is 10.2 Å². The van der Waals surface area contributed by atoms with Crippen LogP contribution in [0.1, 0.15) is 64.2 Å². The highest BCUT2D eigenvalue weighted by atomic mass is 16.2. The molecule has 0 spiro atoms. The van der Waals surface area contributed by atoms with E-state index in [-0.39, 0.29) is 23.9 Å². The number of benzene rings is 2. The number of rotatable bonds is 5. The van der Waals surface area contributed by atoms with Crippen molar-refractivity contribution in [3.05, 3.63) is 88.7 Å². The second-order valence-electron chi connectivity index (χ2n) is 9.14. The number of nitrogens with one attached hydrogen (secondary N) is 1. The number of carbonyl (C=O) groups is 2. The molecular weight excluding hydrogens is 410 g/mol. The second-order valence-corrected chi connectivity index (χ2v) is 9.14. The number of hydrogen-bond acceptors (Lipinski definition) is 3. The van der Waals surface area contributed by atoms with Crippen molar-refractivity contribution in [2.45, 2.75) is 59.2 Å². The molecule has 1 N–H and O–H groups in total. The Bertz CT molecular complexity index is 1140. The maximum atomic E-state index is 13.5. The lowest BCUT2D eigenvalue weighted by molar-refractivity contribution is 0.0693. The van der Waals surface area contributed by atoms with E-state index in [9.17, 15) is 9.59 Å². The quantitative estimate of drug-likeness (QED) is 0.584. The van der Waals surface area contributed by atoms with Crippen molar-refractivity contribution in [1.29, 1.82) is 0 Å². The number of aryl methyl sites for hydroxylation is 2. The van der Waals surface area contributed by atoms with Crippen LogP contribution in [0.2, 0.25) is 0 Å². The Labute approximate surface area is 195 Å². The molecule has 0 unspecified atom stereocenters. The summed E-state index contributed by atoms with van der Waals surface area (Å²) in [5, 5.41) is 2.97. The number of nitrogens with zero attached hydrogens (tertiary/aromatic N) is 2. The number of likely N-dealkylation sites (tertiary alicyclic amines) is 1. The van der Waals surface area contributed by atoms with Crippen molar-refractivity contribution in [3.63, 3.8) is 0 Å². The normalized spacial score (nSPS) is 17.8. The number of amides is 2. The standard InChI is InChI=1S/C28H31N3O2/c1-18-5-11-23(12-6-18)24-13-25(27(32)30-17-22-10-7-19(2)29-16-22)15-26(14-24)28(33)31-20(3)8-9-21(31)4/h5-7,10-16,20-21H,8-9,17H2,1-4H3,(H,30,32)/t20-,21-/m1/s1. The zero-order chi connectivity index (χ0) is 23.5. The molecule has 5 nitrogen and oxygen atoms in total. The first-order valence-corrected chi connectivity index (χ1v) is 11.6. The molecule has 5 heteroatoms. The molecule has 2 heterocycles. The molecule has 2 atom stereocenters. The summed E-state index contributed by atoms with van der Waals surface area (Å²) in [6.45, 7) is 8.53. The van der Waals surface area contributed by atoms with Crippen LogP contribution in [-0.4, -0.2) is 33.8 Å². The zero-order valence-corrected chi connectivity index (χ0v) is 19.8. The van der Waals surface area contributed by atoms with Gasteiger partial charge in [-0.1, -0.05) is 35.9 Å². The van der Waals surface area contributed by atoms with Gasteiger partial charge in [-0.15, -0.1) is 0 Å². The minimum absolute atomic E-state index is 0.0155. The molecule has 0 bridgehead atoms. The van der Waals surface area contributed by atoms with Gasteiger partial charge in [-0.2, -0.15) is 0 Å². The predicted molar refractivity (Wildman–Crippen MR) is 131 cm³/mol. The lowest BCUT2D eigenvalue weighted by Gasteiger charge is -2.27. The molecule has 3 aromatic rings. The van der Waals surface area contributed by atoms with Gasteiger partial charge in [-0.05, 0) is 81.5 Å². The van der Waals surface area contributed by atoms with Gasteiger partial charge in [0.15, 0.2) is 0 Å². The maximum absolute atomic E-state index is 13.5. The fourth-order valence-electron chi connectivity index (χ4n) is 4.43. The summed E-state index contributed by atoms with van der Waals surface area (Å²) in [5.74, 6) is -0.223. The fraction of sp³-hybridized carbons (Fsp3) is 0.321. The molecule has 170 valence electrons. The van der Waals surface area contributed by atoms with Crippen LogP contribution in [0, 0.1) is 13.8 Å². The van der Waals surface area contributed by atoms with E-state index in [2.05, 4.69) is 24.1 Å².